The second kappa shape index (κ2) is 10.3. The van der Waals surface area contributed by atoms with Crippen molar-refractivity contribution in [1.82, 2.24) is 10.6 Å². The maximum absolute atomic E-state index is 11.6. The summed E-state index contributed by atoms with van der Waals surface area (Å²) in [5.41, 5.74) is 0.148. The van der Waals surface area contributed by atoms with Gasteiger partial charge in [-0.15, -0.1) is 0 Å². The fraction of sp³-hybridized carbons (Fsp3) is 0.385. The molecular weight excluding hydrogens is 264 g/mol. The van der Waals surface area contributed by atoms with Crippen molar-refractivity contribution in [1.29, 1.82) is 0 Å². The number of hydrogen-bond acceptors (Lipinski definition) is 4. The number of carbonyl (C=O) groups excluding carboxylic acids is 2. The van der Waals surface area contributed by atoms with Crippen LogP contribution in [0.5, 0.6) is 5.75 Å². The summed E-state index contributed by atoms with van der Waals surface area (Å²) >= 11 is 3.94. The molecule has 5 nitrogen and oxygen atoms in total. The molecule has 0 saturated carbocycles. The van der Waals surface area contributed by atoms with Crippen LogP contribution >= 0.6 is 12.6 Å². The van der Waals surface area contributed by atoms with E-state index in [1.165, 1.54) is 12.1 Å². The number of phenolic OH excluding ortho intramolecular Hbond substituents is 1. The number of nitrogens with one attached hydrogen (secondary N) is 2. The van der Waals surface area contributed by atoms with Crippen LogP contribution in [-0.4, -0.2) is 35.8 Å². The number of para-hydroxylation sites is 1. The van der Waals surface area contributed by atoms with Gasteiger partial charge in [-0.25, -0.2) is 0 Å². The highest BCUT2D eigenvalue weighted by Crippen LogP contribution is 2.14. The van der Waals surface area contributed by atoms with Crippen molar-refractivity contribution < 1.29 is 14.7 Å². The first kappa shape index (κ1) is 17.3. The summed E-state index contributed by atoms with van der Waals surface area (Å²) in [5.74, 6) is -0.341. The second-order valence-electron chi connectivity index (χ2n) is 3.27. The second-order valence-corrected chi connectivity index (χ2v) is 3.72. The molecule has 0 spiro atoms. The molecular formula is C13H20N2O3S. The quantitative estimate of drug-likeness (QED) is 0.613. The number of phenols is 1. The van der Waals surface area contributed by atoms with Crippen molar-refractivity contribution >= 4 is 24.4 Å². The lowest BCUT2D eigenvalue weighted by Gasteiger charge is -2.06. The first-order valence-corrected chi connectivity index (χ1v) is 6.72. The third-order valence-corrected chi connectivity index (χ3v) is 2.22. The standard InChI is InChI=1S/C11H14N2O3S.C2H6/c14-9-4-2-1-3-8(9)11(16)13-7-10(15)12-5-6-17;1-2/h1-4,14,17H,5-7H2,(H,12,15)(H,13,16);1-2H3. The van der Waals surface area contributed by atoms with Crippen LogP contribution in [0.2, 0.25) is 0 Å². The predicted molar refractivity (Wildman–Crippen MR) is 78.7 cm³/mol. The van der Waals surface area contributed by atoms with E-state index in [0.717, 1.165) is 0 Å². The molecule has 6 heteroatoms. The van der Waals surface area contributed by atoms with Crippen LogP contribution in [0, 0.1) is 0 Å². The first-order valence-electron chi connectivity index (χ1n) is 6.09. The molecule has 0 bridgehead atoms. The SMILES string of the molecule is CC.O=C(CNC(=O)c1ccccc1O)NCCS. The number of thiol groups is 1. The lowest BCUT2D eigenvalue weighted by atomic mass is 10.2. The van der Waals surface area contributed by atoms with Crippen molar-refractivity contribution in [2.24, 2.45) is 0 Å². The lowest BCUT2D eigenvalue weighted by Crippen LogP contribution is -2.37. The van der Waals surface area contributed by atoms with E-state index in [1.54, 1.807) is 12.1 Å². The molecule has 19 heavy (non-hydrogen) atoms. The van der Waals surface area contributed by atoms with Crippen molar-refractivity contribution in [3.05, 3.63) is 29.8 Å². The molecule has 0 aromatic heterocycles. The molecule has 0 aliphatic rings. The van der Waals surface area contributed by atoms with Crippen LogP contribution in [-0.2, 0) is 4.79 Å². The maximum atomic E-state index is 11.6. The van der Waals surface area contributed by atoms with Gasteiger partial charge in [-0.1, -0.05) is 26.0 Å². The largest absolute Gasteiger partial charge is 0.507 e. The third kappa shape index (κ3) is 6.71. The summed E-state index contributed by atoms with van der Waals surface area (Å²) in [6.45, 7) is 4.33. The minimum Gasteiger partial charge on any atom is -0.507 e. The molecule has 1 aromatic carbocycles. The number of carbonyl (C=O) groups is 2. The average Bonchev–Trinajstić information content (AvgIpc) is 2.45. The fourth-order valence-electron chi connectivity index (χ4n) is 1.18. The summed E-state index contributed by atoms with van der Waals surface area (Å²) in [6, 6.07) is 6.15. The van der Waals surface area contributed by atoms with Gasteiger partial charge in [-0.05, 0) is 12.1 Å². The van der Waals surface area contributed by atoms with Gasteiger partial charge < -0.3 is 15.7 Å². The Morgan fingerprint density at radius 2 is 1.84 bits per heavy atom. The maximum Gasteiger partial charge on any atom is 0.255 e. The molecule has 2 amide bonds. The molecule has 0 atom stereocenters. The number of amides is 2. The van der Waals surface area contributed by atoms with E-state index >= 15 is 0 Å². The Morgan fingerprint density at radius 1 is 1.21 bits per heavy atom. The Morgan fingerprint density at radius 3 is 2.42 bits per heavy atom. The van der Waals surface area contributed by atoms with Crippen LogP contribution < -0.4 is 10.6 Å². The monoisotopic (exact) mass is 284 g/mol. The van der Waals surface area contributed by atoms with Gasteiger partial charge in [0, 0.05) is 12.3 Å². The zero-order valence-corrected chi connectivity index (χ0v) is 12.0. The van der Waals surface area contributed by atoms with E-state index in [9.17, 15) is 14.7 Å². The van der Waals surface area contributed by atoms with Crippen molar-refractivity contribution in [3.8, 4) is 5.75 Å². The van der Waals surface area contributed by atoms with Crippen LogP contribution in [0.25, 0.3) is 0 Å². The van der Waals surface area contributed by atoms with Crippen LogP contribution in [0.15, 0.2) is 24.3 Å². The van der Waals surface area contributed by atoms with E-state index in [0.29, 0.717) is 12.3 Å². The number of aromatic hydroxyl groups is 1. The number of benzene rings is 1. The molecule has 0 aliphatic heterocycles. The summed E-state index contributed by atoms with van der Waals surface area (Å²) < 4.78 is 0. The van der Waals surface area contributed by atoms with Crippen molar-refractivity contribution in [2.75, 3.05) is 18.8 Å². The zero-order valence-electron chi connectivity index (χ0n) is 11.1. The van der Waals surface area contributed by atoms with Gasteiger partial charge in [0.05, 0.1) is 12.1 Å². The Hall–Kier alpha value is -1.69. The Labute approximate surface area is 118 Å². The Balaban J connectivity index is 0.00000154. The molecule has 106 valence electrons. The smallest absolute Gasteiger partial charge is 0.255 e. The first-order chi connectivity index (χ1) is 9.15. The number of rotatable bonds is 5. The molecule has 0 radical (unpaired) electrons. The van der Waals surface area contributed by atoms with E-state index in [-0.39, 0.29) is 23.8 Å². The molecule has 1 aromatic rings. The summed E-state index contributed by atoms with van der Waals surface area (Å²) in [5, 5.41) is 14.4. The van der Waals surface area contributed by atoms with Gasteiger partial charge in [0.2, 0.25) is 5.91 Å². The molecule has 1 rings (SSSR count). The molecule has 3 N–H and O–H groups in total. The van der Waals surface area contributed by atoms with Crippen molar-refractivity contribution in [3.63, 3.8) is 0 Å². The third-order valence-electron chi connectivity index (χ3n) is 1.99. The van der Waals surface area contributed by atoms with Gasteiger partial charge in [-0.3, -0.25) is 9.59 Å². The molecule has 0 fully saturated rings. The van der Waals surface area contributed by atoms with E-state index in [4.69, 9.17) is 0 Å². The number of hydrogen-bond donors (Lipinski definition) is 4. The van der Waals surface area contributed by atoms with Crippen LogP contribution in [0.3, 0.4) is 0 Å². The van der Waals surface area contributed by atoms with E-state index in [1.807, 2.05) is 13.8 Å². The fourth-order valence-corrected chi connectivity index (χ4v) is 1.29. The lowest BCUT2D eigenvalue weighted by molar-refractivity contribution is -0.120. The predicted octanol–water partition coefficient (Wildman–Crippen LogP) is 1.19. The Bertz CT molecular complexity index is 411. The highest BCUT2D eigenvalue weighted by atomic mass is 32.1. The van der Waals surface area contributed by atoms with Crippen LogP contribution in [0.1, 0.15) is 24.2 Å². The summed E-state index contributed by atoms with van der Waals surface area (Å²) in [7, 11) is 0. The van der Waals surface area contributed by atoms with Gasteiger partial charge >= 0.3 is 0 Å². The van der Waals surface area contributed by atoms with Gasteiger partial charge in [-0.2, -0.15) is 12.6 Å². The van der Waals surface area contributed by atoms with Gasteiger partial charge in [0.15, 0.2) is 0 Å². The molecule has 0 saturated heterocycles. The normalized spacial score (nSPS) is 9.00. The topological polar surface area (TPSA) is 78.4 Å². The average molecular weight is 284 g/mol. The minimum atomic E-state index is -0.482. The molecule has 0 unspecified atom stereocenters. The van der Waals surface area contributed by atoms with Gasteiger partial charge in [0.25, 0.3) is 5.91 Å². The summed E-state index contributed by atoms with van der Waals surface area (Å²) in [6.07, 6.45) is 0. The molecule has 0 aliphatic carbocycles. The highest BCUT2D eigenvalue weighted by molar-refractivity contribution is 7.80. The van der Waals surface area contributed by atoms with Crippen molar-refractivity contribution in [2.45, 2.75) is 13.8 Å². The highest BCUT2D eigenvalue weighted by Gasteiger charge is 2.10. The van der Waals surface area contributed by atoms with Crippen LogP contribution in [0.4, 0.5) is 0 Å². The molecule has 0 heterocycles. The minimum absolute atomic E-state index is 0.110. The van der Waals surface area contributed by atoms with E-state index < -0.39 is 5.91 Å². The van der Waals surface area contributed by atoms with Gasteiger partial charge in [0.1, 0.15) is 5.75 Å². The Kier molecular flexibility index (Phi) is 9.34. The summed E-state index contributed by atoms with van der Waals surface area (Å²) in [4.78, 5) is 22.8. The zero-order chi connectivity index (χ0) is 14.7. The van der Waals surface area contributed by atoms with E-state index in [2.05, 4.69) is 23.3 Å².